The Morgan fingerprint density at radius 2 is 1.50 bits per heavy atom. The molecule has 5 heteroatoms. The van der Waals surface area contributed by atoms with Crippen LogP contribution >= 0.6 is 23.5 Å². The van der Waals surface area contributed by atoms with Crippen molar-refractivity contribution >= 4 is 23.5 Å². The van der Waals surface area contributed by atoms with E-state index in [0.29, 0.717) is 5.08 Å². The molecule has 0 aliphatic carbocycles. The van der Waals surface area contributed by atoms with Gasteiger partial charge in [-0.1, -0.05) is 0 Å². The van der Waals surface area contributed by atoms with Gasteiger partial charge in [0, 0.05) is 0 Å². The van der Waals surface area contributed by atoms with Crippen LogP contribution in [0.4, 0.5) is 0 Å². The smallest absolute Gasteiger partial charge is 0.134 e. The summed E-state index contributed by atoms with van der Waals surface area (Å²) in [6.07, 6.45) is 0. The van der Waals surface area contributed by atoms with Crippen molar-refractivity contribution in [1.82, 2.24) is 0 Å². The van der Waals surface area contributed by atoms with E-state index in [-0.39, 0.29) is 5.48 Å². The minimum atomic E-state index is 0. The molecule has 0 aliphatic rings. The maximum Gasteiger partial charge on any atom is 0.134 e. The summed E-state index contributed by atoms with van der Waals surface area (Å²) in [5, 5.41) is 20.0. The minimum absolute atomic E-state index is 0. The van der Waals surface area contributed by atoms with Crippen LogP contribution < -0.4 is 0 Å². The van der Waals surface area contributed by atoms with Gasteiger partial charge in [-0.15, -0.1) is 0 Å². The number of thiocyanates is 2. The molecule has 0 aromatic heterocycles. The molecule has 0 aromatic rings. The van der Waals surface area contributed by atoms with E-state index < -0.39 is 0 Å². The van der Waals surface area contributed by atoms with Crippen LogP contribution in [0.15, 0.2) is 0 Å². The molecule has 0 atom stereocenters. The highest BCUT2D eigenvalue weighted by atomic mass is 32.2. The fourth-order valence-corrected chi connectivity index (χ4v) is 0.740. The summed E-state index contributed by atoms with van der Waals surface area (Å²) in [4.78, 5) is 0. The van der Waals surface area contributed by atoms with Crippen LogP contribution in [-0.2, 0) is 0 Å². The molecule has 0 saturated carbocycles. The normalized spacial score (nSPS) is 5.75. The molecule has 3 nitrogen and oxygen atoms in total. The maximum atomic E-state index is 7.88. The van der Waals surface area contributed by atoms with E-state index in [1.54, 1.807) is 0 Å². The molecule has 0 heterocycles. The molecule has 0 spiro atoms. The maximum absolute atomic E-state index is 7.88. The van der Waals surface area contributed by atoms with Crippen LogP contribution in [0.5, 0.6) is 0 Å². The zero-order valence-corrected chi connectivity index (χ0v) is 5.55. The van der Waals surface area contributed by atoms with Gasteiger partial charge in [0.2, 0.25) is 0 Å². The first-order valence-electron chi connectivity index (χ1n) is 1.43. The summed E-state index contributed by atoms with van der Waals surface area (Å²) in [6.45, 7) is 0. The zero-order valence-electron chi connectivity index (χ0n) is 3.92. The molecule has 8 heavy (non-hydrogen) atoms. The second kappa shape index (κ2) is 9.81. The number of hydrogen-bond donors (Lipinski definition) is 0. The average molecular weight is 148 g/mol. The summed E-state index contributed by atoms with van der Waals surface area (Å²) < 4.78 is 0. The number of hydrogen-bond acceptors (Lipinski definition) is 4. The van der Waals surface area contributed by atoms with Gasteiger partial charge in [0.05, 0.1) is 5.08 Å². The first-order chi connectivity index (χ1) is 3.41. The van der Waals surface area contributed by atoms with Gasteiger partial charge in [-0.25, -0.2) is 0 Å². The molecule has 0 unspecified atom stereocenters. The molecule has 0 fully saturated rings. The Bertz CT molecular complexity index is 99.4. The number of thioether (sulfide) groups is 2. The lowest BCUT2D eigenvalue weighted by Crippen LogP contribution is -1.56. The van der Waals surface area contributed by atoms with Crippen LogP contribution in [0.3, 0.4) is 0 Å². The number of nitrogens with zero attached hydrogens (tertiary/aromatic N) is 2. The number of rotatable bonds is 2. The highest BCUT2D eigenvalue weighted by Gasteiger charge is 1.80. The SMILES string of the molecule is N#CSCSC#N.O. The van der Waals surface area contributed by atoms with E-state index >= 15 is 0 Å². The predicted molar refractivity (Wildman–Crippen MR) is 34.9 cm³/mol. The van der Waals surface area contributed by atoms with Crippen LogP contribution in [0.2, 0.25) is 0 Å². The molecule has 0 radical (unpaired) electrons. The second-order valence-electron chi connectivity index (χ2n) is 0.589. The van der Waals surface area contributed by atoms with Crippen molar-refractivity contribution in [3.05, 3.63) is 0 Å². The van der Waals surface area contributed by atoms with Gasteiger partial charge in [0.15, 0.2) is 0 Å². The third-order valence-electron chi connectivity index (χ3n) is 0.247. The summed E-state index contributed by atoms with van der Waals surface area (Å²) in [6, 6.07) is 0. The number of nitriles is 2. The van der Waals surface area contributed by atoms with Gasteiger partial charge in [0.25, 0.3) is 0 Å². The second-order valence-corrected chi connectivity index (χ2v) is 2.47. The summed E-state index contributed by atoms with van der Waals surface area (Å²) in [5.74, 6) is 0. The van der Waals surface area contributed by atoms with E-state index in [0.717, 1.165) is 23.5 Å². The molecule has 2 N–H and O–H groups in total. The van der Waals surface area contributed by atoms with Crippen molar-refractivity contribution < 1.29 is 5.48 Å². The van der Waals surface area contributed by atoms with Crippen molar-refractivity contribution in [2.75, 3.05) is 5.08 Å². The predicted octanol–water partition coefficient (Wildman–Crippen LogP) is 0.548. The van der Waals surface area contributed by atoms with E-state index in [1.165, 1.54) is 0 Å². The molecular weight excluding hydrogens is 144 g/mol. The van der Waals surface area contributed by atoms with Gasteiger partial charge in [-0.3, -0.25) is 0 Å². The van der Waals surface area contributed by atoms with Crippen molar-refractivity contribution in [2.45, 2.75) is 0 Å². The summed E-state index contributed by atoms with van der Waals surface area (Å²) in [5.41, 5.74) is 0. The molecule has 0 bridgehead atoms. The fraction of sp³-hybridized carbons (Fsp3) is 0.333. The van der Waals surface area contributed by atoms with Crippen molar-refractivity contribution in [3.63, 3.8) is 0 Å². The molecule has 44 valence electrons. The average Bonchev–Trinajstić information content (AvgIpc) is 1.69. The van der Waals surface area contributed by atoms with E-state index in [1.807, 2.05) is 10.8 Å². The largest absolute Gasteiger partial charge is 0.412 e. The van der Waals surface area contributed by atoms with E-state index in [2.05, 4.69) is 0 Å². The zero-order chi connectivity index (χ0) is 5.54. The lowest BCUT2D eigenvalue weighted by atomic mass is 11.8. The fourth-order valence-electron chi connectivity index (χ4n) is 0.0822. The third kappa shape index (κ3) is 9.16. The molecule has 0 amide bonds. The molecule has 0 rings (SSSR count). The Labute approximate surface area is 56.0 Å². The first kappa shape index (κ1) is 10.6. The van der Waals surface area contributed by atoms with Crippen LogP contribution in [-0.4, -0.2) is 10.6 Å². The minimum Gasteiger partial charge on any atom is -0.412 e. The Kier molecular flexibility index (Phi) is 13.0. The Morgan fingerprint density at radius 3 is 1.75 bits per heavy atom. The molecule has 0 aliphatic heterocycles. The van der Waals surface area contributed by atoms with Crippen molar-refractivity contribution in [1.29, 1.82) is 10.5 Å². The van der Waals surface area contributed by atoms with Crippen LogP contribution in [0.1, 0.15) is 0 Å². The molecule has 0 aromatic carbocycles. The monoisotopic (exact) mass is 148 g/mol. The van der Waals surface area contributed by atoms with Gasteiger partial charge >= 0.3 is 0 Å². The summed E-state index contributed by atoms with van der Waals surface area (Å²) >= 11 is 2.16. The highest BCUT2D eigenvalue weighted by molar-refractivity contribution is 8.20. The Hall–Kier alpha value is -0.360. The van der Waals surface area contributed by atoms with Crippen molar-refractivity contribution in [2.24, 2.45) is 0 Å². The van der Waals surface area contributed by atoms with Gasteiger partial charge < -0.3 is 5.48 Å². The highest BCUT2D eigenvalue weighted by Crippen LogP contribution is 2.06. The Morgan fingerprint density at radius 1 is 1.12 bits per heavy atom. The first-order valence-corrected chi connectivity index (χ1v) is 3.40. The standard InChI is InChI=1S/C3H2N2S2.H2O/c4-1-6-3-7-2-5;/h3H2;1H2. The quantitative estimate of drug-likeness (QED) is 0.325. The lowest BCUT2D eigenvalue weighted by Gasteiger charge is -1.74. The van der Waals surface area contributed by atoms with Gasteiger partial charge in [-0.05, 0) is 23.5 Å². The Balaban J connectivity index is 0. The molecular formula is C3H4N2OS2. The summed E-state index contributed by atoms with van der Waals surface area (Å²) in [7, 11) is 0. The topological polar surface area (TPSA) is 79.1 Å². The van der Waals surface area contributed by atoms with Gasteiger partial charge in [0.1, 0.15) is 10.8 Å². The van der Waals surface area contributed by atoms with Crippen LogP contribution in [0.25, 0.3) is 0 Å². The lowest BCUT2D eigenvalue weighted by molar-refractivity contribution is 0.824. The van der Waals surface area contributed by atoms with E-state index in [9.17, 15) is 0 Å². The van der Waals surface area contributed by atoms with Gasteiger partial charge in [-0.2, -0.15) is 10.5 Å². The van der Waals surface area contributed by atoms with Crippen molar-refractivity contribution in [3.8, 4) is 10.8 Å². The molecule has 0 saturated heterocycles. The van der Waals surface area contributed by atoms with E-state index in [4.69, 9.17) is 10.5 Å². The third-order valence-corrected chi connectivity index (χ3v) is 1.45. The van der Waals surface area contributed by atoms with Crippen LogP contribution in [0, 0.1) is 21.3 Å².